The maximum absolute atomic E-state index is 11.1. The van der Waals surface area contributed by atoms with Crippen molar-refractivity contribution in [2.24, 2.45) is 7.05 Å². The van der Waals surface area contributed by atoms with Crippen molar-refractivity contribution in [1.82, 2.24) is 24.7 Å². The Kier molecular flexibility index (Phi) is 3.31. The second-order valence-corrected chi connectivity index (χ2v) is 4.86. The van der Waals surface area contributed by atoms with E-state index in [1.165, 1.54) is 22.7 Å². The van der Waals surface area contributed by atoms with Gasteiger partial charge < -0.3 is 0 Å². The molecule has 0 bridgehead atoms. The SMILES string of the molecule is Cn1c(Sc2ncnc(Cl)c2Br)n[nH]c1=O. The van der Waals surface area contributed by atoms with Gasteiger partial charge in [0.05, 0.1) is 4.47 Å². The molecule has 2 rings (SSSR count). The Bertz CT molecular complexity index is 582. The van der Waals surface area contributed by atoms with Crippen LogP contribution in [0.1, 0.15) is 0 Å². The third kappa shape index (κ3) is 2.13. The highest BCUT2D eigenvalue weighted by Gasteiger charge is 2.12. The second kappa shape index (κ2) is 4.56. The summed E-state index contributed by atoms with van der Waals surface area (Å²) in [5, 5.41) is 7.60. The number of aromatic amines is 1. The molecule has 1 N–H and O–H groups in total. The molecule has 0 unspecified atom stereocenters. The van der Waals surface area contributed by atoms with Crippen molar-refractivity contribution in [3.63, 3.8) is 0 Å². The fourth-order valence-corrected chi connectivity index (χ4v) is 2.32. The summed E-state index contributed by atoms with van der Waals surface area (Å²) >= 11 is 10.3. The van der Waals surface area contributed by atoms with E-state index in [0.717, 1.165) is 0 Å². The molecule has 0 aromatic carbocycles. The first-order valence-electron chi connectivity index (χ1n) is 4.05. The van der Waals surface area contributed by atoms with Gasteiger partial charge in [-0.05, 0) is 27.7 Å². The van der Waals surface area contributed by atoms with Gasteiger partial charge in [0.2, 0.25) is 0 Å². The molecule has 0 radical (unpaired) electrons. The molecule has 0 fully saturated rings. The van der Waals surface area contributed by atoms with E-state index in [4.69, 9.17) is 11.6 Å². The molecule has 0 aliphatic carbocycles. The smallest absolute Gasteiger partial charge is 0.273 e. The van der Waals surface area contributed by atoms with Crippen molar-refractivity contribution in [2.45, 2.75) is 10.2 Å². The minimum Gasteiger partial charge on any atom is -0.273 e. The lowest BCUT2D eigenvalue weighted by Crippen LogP contribution is -2.12. The molecule has 6 nitrogen and oxygen atoms in total. The van der Waals surface area contributed by atoms with Gasteiger partial charge in [-0.2, -0.15) is 0 Å². The first kappa shape index (κ1) is 11.6. The van der Waals surface area contributed by atoms with Gasteiger partial charge in [-0.15, -0.1) is 5.10 Å². The van der Waals surface area contributed by atoms with Gasteiger partial charge in [0.25, 0.3) is 0 Å². The van der Waals surface area contributed by atoms with Crippen LogP contribution < -0.4 is 5.69 Å². The monoisotopic (exact) mass is 321 g/mol. The summed E-state index contributed by atoms with van der Waals surface area (Å²) in [7, 11) is 1.62. The quantitative estimate of drug-likeness (QED) is 0.847. The number of hydrogen-bond donors (Lipinski definition) is 1. The van der Waals surface area contributed by atoms with Crippen LogP contribution in [0.5, 0.6) is 0 Å². The predicted molar refractivity (Wildman–Crippen MR) is 62.7 cm³/mol. The largest absolute Gasteiger partial charge is 0.343 e. The molecule has 0 saturated heterocycles. The van der Waals surface area contributed by atoms with E-state index in [9.17, 15) is 4.79 Å². The third-order valence-electron chi connectivity index (χ3n) is 1.74. The fourth-order valence-electron chi connectivity index (χ4n) is 0.915. The highest BCUT2D eigenvalue weighted by atomic mass is 79.9. The van der Waals surface area contributed by atoms with Crippen molar-refractivity contribution in [3.8, 4) is 0 Å². The van der Waals surface area contributed by atoms with Crippen molar-refractivity contribution in [1.29, 1.82) is 0 Å². The second-order valence-electron chi connectivity index (χ2n) is 2.76. The van der Waals surface area contributed by atoms with E-state index in [-0.39, 0.29) is 5.69 Å². The Labute approximate surface area is 108 Å². The lowest BCUT2D eigenvalue weighted by atomic mass is 10.7. The summed E-state index contributed by atoms with van der Waals surface area (Å²) in [6.07, 6.45) is 1.35. The normalized spacial score (nSPS) is 10.7. The fraction of sp³-hybridized carbons (Fsp3) is 0.143. The maximum Gasteiger partial charge on any atom is 0.343 e. The van der Waals surface area contributed by atoms with E-state index in [0.29, 0.717) is 19.8 Å². The number of nitrogens with one attached hydrogen (secondary N) is 1. The Balaban J connectivity index is 2.38. The van der Waals surface area contributed by atoms with E-state index in [2.05, 4.69) is 36.1 Å². The average molecular weight is 323 g/mol. The number of rotatable bonds is 2. The summed E-state index contributed by atoms with van der Waals surface area (Å²) in [5.41, 5.74) is -0.279. The minimum absolute atomic E-state index is 0.279. The zero-order valence-electron chi connectivity index (χ0n) is 7.94. The Morgan fingerprint density at radius 1 is 1.56 bits per heavy atom. The number of halogens is 2. The average Bonchev–Trinajstić information content (AvgIpc) is 2.57. The standard InChI is InChI=1S/C7H5BrClN5OS/c1-14-6(15)12-13-7(14)16-5-3(8)4(9)10-2-11-5/h2H,1H3,(H,12,15). The van der Waals surface area contributed by atoms with Crippen LogP contribution in [0.2, 0.25) is 5.15 Å². The van der Waals surface area contributed by atoms with E-state index >= 15 is 0 Å². The molecule has 0 spiro atoms. The van der Waals surface area contributed by atoms with E-state index in [1.54, 1.807) is 7.05 Å². The molecule has 0 aliphatic heterocycles. The van der Waals surface area contributed by atoms with Gasteiger partial charge in [-0.3, -0.25) is 4.57 Å². The van der Waals surface area contributed by atoms with Crippen molar-refractivity contribution >= 4 is 39.3 Å². The van der Waals surface area contributed by atoms with Gasteiger partial charge in [0.1, 0.15) is 16.5 Å². The minimum atomic E-state index is -0.279. The molecule has 9 heteroatoms. The van der Waals surface area contributed by atoms with Crippen LogP contribution in [0.3, 0.4) is 0 Å². The number of nitrogens with zero attached hydrogens (tertiary/aromatic N) is 4. The summed E-state index contributed by atoms with van der Waals surface area (Å²) in [6.45, 7) is 0. The molecule has 2 aromatic rings. The van der Waals surface area contributed by atoms with Gasteiger partial charge in [-0.25, -0.2) is 19.9 Å². The molecular formula is C7H5BrClN5OS. The summed E-state index contributed by atoms with van der Waals surface area (Å²) in [6, 6.07) is 0. The molecule has 0 atom stereocenters. The first-order chi connectivity index (χ1) is 7.59. The van der Waals surface area contributed by atoms with Crippen LogP contribution in [0, 0.1) is 0 Å². The van der Waals surface area contributed by atoms with Gasteiger partial charge in [-0.1, -0.05) is 11.6 Å². The summed E-state index contributed by atoms with van der Waals surface area (Å²) < 4.78 is 1.96. The summed E-state index contributed by atoms with van der Waals surface area (Å²) in [5.74, 6) is 0. The maximum atomic E-state index is 11.1. The zero-order valence-corrected chi connectivity index (χ0v) is 11.1. The molecular weight excluding hydrogens is 318 g/mol. The van der Waals surface area contributed by atoms with Crippen LogP contribution in [0.4, 0.5) is 0 Å². The van der Waals surface area contributed by atoms with Crippen molar-refractivity contribution < 1.29 is 0 Å². The zero-order chi connectivity index (χ0) is 11.7. The topological polar surface area (TPSA) is 76.5 Å². The number of H-pyrrole nitrogens is 1. The number of hydrogen-bond acceptors (Lipinski definition) is 5. The Morgan fingerprint density at radius 2 is 2.31 bits per heavy atom. The molecule has 2 heterocycles. The molecule has 0 amide bonds. The molecule has 84 valence electrons. The van der Waals surface area contributed by atoms with Gasteiger partial charge in [0.15, 0.2) is 5.16 Å². The van der Waals surface area contributed by atoms with Crippen LogP contribution in [0.15, 0.2) is 25.8 Å². The molecule has 16 heavy (non-hydrogen) atoms. The van der Waals surface area contributed by atoms with E-state index < -0.39 is 0 Å². The van der Waals surface area contributed by atoms with E-state index in [1.807, 2.05) is 0 Å². The van der Waals surface area contributed by atoms with Crippen molar-refractivity contribution in [3.05, 3.63) is 26.4 Å². The van der Waals surface area contributed by atoms with Crippen LogP contribution in [-0.2, 0) is 7.05 Å². The lowest BCUT2D eigenvalue weighted by molar-refractivity contribution is 0.764. The highest BCUT2D eigenvalue weighted by molar-refractivity contribution is 9.10. The number of aromatic nitrogens is 5. The van der Waals surface area contributed by atoms with Gasteiger partial charge in [0, 0.05) is 7.05 Å². The molecule has 0 aliphatic rings. The van der Waals surface area contributed by atoms with Crippen LogP contribution >= 0.6 is 39.3 Å². The predicted octanol–water partition coefficient (Wildman–Crippen LogP) is 1.47. The Morgan fingerprint density at radius 3 is 2.94 bits per heavy atom. The van der Waals surface area contributed by atoms with Crippen LogP contribution in [0.25, 0.3) is 0 Å². The third-order valence-corrected chi connectivity index (χ3v) is 4.32. The molecule has 2 aromatic heterocycles. The lowest BCUT2D eigenvalue weighted by Gasteiger charge is -2.02. The molecule has 0 saturated carbocycles. The van der Waals surface area contributed by atoms with Crippen molar-refractivity contribution in [2.75, 3.05) is 0 Å². The Hall–Kier alpha value is -0.860. The first-order valence-corrected chi connectivity index (χ1v) is 6.03. The summed E-state index contributed by atoms with van der Waals surface area (Å²) in [4.78, 5) is 19.0. The highest BCUT2D eigenvalue weighted by Crippen LogP contribution is 2.32. The van der Waals surface area contributed by atoms with Gasteiger partial charge >= 0.3 is 5.69 Å². The van der Waals surface area contributed by atoms with Crippen LogP contribution in [-0.4, -0.2) is 24.7 Å².